The second kappa shape index (κ2) is 1.99. The van der Waals surface area contributed by atoms with Gasteiger partial charge in [-0.05, 0) is 5.53 Å². The van der Waals surface area contributed by atoms with Crippen LogP contribution in [0.4, 0.5) is 0 Å². The van der Waals surface area contributed by atoms with Gasteiger partial charge in [-0.25, -0.2) is 0 Å². The van der Waals surface area contributed by atoms with E-state index in [0.29, 0.717) is 6.42 Å². The fraction of sp³-hybridized carbons (Fsp3) is 1.00. The highest BCUT2D eigenvalue weighted by Gasteiger charge is 2.78. The molecule has 0 aromatic heterocycles. The summed E-state index contributed by atoms with van der Waals surface area (Å²) < 4.78 is 18.1. The molecule has 3 rings (SSSR count). The fourth-order valence-corrected chi connectivity index (χ4v) is 2.60. The third-order valence-electron chi connectivity index (χ3n) is 3.11. The zero-order valence-electron chi connectivity index (χ0n) is 7.75. The summed E-state index contributed by atoms with van der Waals surface area (Å²) in [5.41, 5.74) is 7.58. The molecule has 3 aliphatic rings. The van der Waals surface area contributed by atoms with Gasteiger partial charge in [0, 0.05) is 11.3 Å². The summed E-state index contributed by atoms with van der Waals surface area (Å²) in [6.45, 7) is -0.595. The first kappa shape index (κ1) is 6.62. The minimum absolute atomic E-state index is 0.172. The normalized spacial score (nSPS) is 62.5. The first-order valence-corrected chi connectivity index (χ1v) is 4.12. The van der Waals surface area contributed by atoms with Crippen molar-refractivity contribution >= 4 is 0 Å². The first-order chi connectivity index (χ1) is 6.61. The van der Waals surface area contributed by atoms with Crippen LogP contribution in [0.3, 0.4) is 0 Å². The predicted molar refractivity (Wildman–Crippen MR) is 40.6 cm³/mol. The van der Waals surface area contributed by atoms with Gasteiger partial charge >= 0.3 is 0 Å². The van der Waals surface area contributed by atoms with Gasteiger partial charge in [0.1, 0.15) is 0 Å². The Labute approximate surface area is 75.5 Å². The Morgan fingerprint density at radius 1 is 1.85 bits per heavy atom. The van der Waals surface area contributed by atoms with Crippen molar-refractivity contribution in [3.8, 4) is 0 Å². The molecule has 2 saturated heterocycles. The largest absolute Gasteiger partial charge is 0.371 e. The number of aliphatic hydroxyl groups is 1. The van der Waals surface area contributed by atoms with E-state index in [1.54, 1.807) is 0 Å². The number of nitrogens with zero attached hydrogens (tertiary/aromatic N) is 3. The van der Waals surface area contributed by atoms with Crippen LogP contribution in [0.5, 0.6) is 0 Å². The van der Waals surface area contributed by atoms with Gasteiger partial charge in [0.05, 0.1) is 32.1 Å². The van der Waals surface area contributed by atoms with E-state index in [1.165, 1.54) is 0 Å². The van der Waals surface area contributed by atoms with Crippen molar-refractivity contribution in [2.24, 2.45) is 11.0 Å². The van der Waals surface area contributed by atoms with Gasteiger partial charge in [0.2, 0.25) is 0 Å². The molecule has 2 aliphatic heterocycles. The van der Waals surface area contributed by atoms with Crippen molar-refractivity contribution in [3.05, 3.63) is 10.4 Å². The van der Waals surface area contributed by atoms with Crippen molar-refractivity contribution in [1.82, 2.24) is 0 Å². The van der Waals surface area contributed by atoms with Gasteiger partial charge in [0.15, 0.2) is 5.79 Å². The molecule has 0 bridgehead atoms. The van der Waals surface area contributed by atoms with Crippen LogP contribution in [0.25, 0.3) is 10.4 Å². The molecule has 2 unspecified atom stereocenters. The second-order valence-electron chi connectivity index (χ2n) is 3.79. The molecule has 0 spiro atoms. The van der Waals surface area contributed by atoms with E-state index in [2.05, 4.69) is 10.0 Å². The quantitative estimate of drug-likeness (QED) is 0.378. The Balaban J connectivity index is 1.87. The lowest BCUT2D eigenvalue weighted by molar-refractivity contribution is -0.427. The summed E-state index contributed by atoms with van der Waals surface area (Å²) in [6, 6.07) is 0. The van der Waals surface area contributed by atoms with Crippen LogP contribution in [0.2, 0.25) is 0 Å². The smallest absolute Gasteiger partial charge is 0.176 e. The number of rotatable bonds is 2. The molecule has 13 heavy (non-hydrogen) atoms. The maximum atomic E-state index is 9.71. The summed E-state index contributed by atoms with van der Waals surface area (Å²) >= 11 is 0. The number of hydrogen-bond acceptors (Lipinski definition) is 4. The minimum atomic E-state index is -1.12. The molecule has 3 fully saturated rings. The number of ether oxygens (including phenoxy) is 2. The van der Waals surface area contributed by atoms with E-state index in [1.807, 2.05) is 0 Å². The van der Waals surface area contributed by atoms with Crippen LogP contribution in [0.15, 0.2) is 5.11 Å². The topological polar surface area (TPSA) is 87.5 Å². The maximum Gasteiger partial charge on any atom is 0.176 e. The van der Waals surface area contributed by atoms with Crippen LogP contribution in [-0.2, 0) is 9.47 Å². The van der Waals surface area contributed by atoms with Crippen LogP contribution in [0.1, 0.15) is 7.79 Å². The van der Waals surface area contributed by atoms with Crippen molar-refractivity contribution in [2.75, 3.05) is 13.1 Å². The number of azide groups is 1. The summed E-state index contributed by atoms with van der Waals surface area (Å²) in [5.74, 6) is -1.31. The Morgan fingerprint density at radius 2 is 2.69 bits per heavy atom. The average molecular weight is 185 g/mol. The van der Waals surface area contributed by atoms with E-state index in [9.17, 15) is 5.11 Å². The van der Waals surface area contributed by atoms with Gasteiger partial charge < -0.3 is 14.6 Å². The molecule has 0 radical (unpaired) electrons. The molecular formula is C7H9N3O3. The van der Waals surface area contributed by atoms with Crippen molar-refractivity contribution in [3.63, 3.8) is 0 Å². The molecular weight excluding hydrogens is 174 g/mol. The van der Waals surface area contributed by atoms with Crippen LogP contribution >= 0.6 is 0 Å². The highest BCUT2D eigenvalue weighted by atomic mass is 16.7. The van der Waals surface area contributed by atoms with Crippen molar-refractivity contribution in [1.29, 1.82) is 0 Å². The maximum absolute atomic E-state index is 9.71. The van der Waals surface area contributed by atoms with Gasteiger partial charge in [0.25, 0.3) is 0 Å². The lowest BCUT2D eigenvalue weighted by Gasteiger charge is -2.62. The molecule has 1 aliphatic carbocycles. The third kappa shape index (κ3) is 0.683. The Kier molecular flexibility index (Phi) is 1.01. The average Bonchev–Trinajstić information content (AvgIpc) is 2.20. The van der Waals surface area contributed by atoms with Crippen LogP contribution < -0.4 is 0 Å². The highest BCUT2D eigenvalue weighted by Crippen LogP contribution is 2.64. The molecule has 0 aromatic rings. The van der Waals surface area contributed by atoms with Crippen LogP contribution in [0, 0.1) is 5.92 Å². The molecule has 0 aromatic carbocycles. The molecule has 1 saturated carbocycles. The van der Waals surface area contributed by atoms with E-state index in [-0.39, 0.29) is 18.6 Å². The summed E-state index contributed by atoms with van der Waals surface area (Å²) in [6.07, 6.45) is -0.0575. The summed E-state index contributed by atoms with van der Waals surface area (Å²) in [5, 5.41) is 13.2. The molecule has 2 heterocycles. The lowest BCUT2D eigenvalue weighted by atomic mass is 9.59. The van der Waals surface area contributed by atoms with Gasteiger partial charge in [-0.1, -0.05) is 5.11 Å². The lowest BCUT2D eigenvalue weighted by Crippen LogP contribution is -2.76. The van der Waals surface area contributed by atoms with Gasteiger partial charge in [-0.3, -0.25) is 0 Å². The van der Waals surface area contributed by atoms with Crippen LogP contribution in [-0.4, -0.2) is 35.7 Å². The zero-order valence-corrected chi connectivity index (χ0v) is 6.75. The molecule has 0 amide bonds. The zero-order chi connectivity index (χ0) is 9.97. The molecule has 70 valence electrons. The Morgan fingerprint density at radius 3 is 3.38 bits per heavy atom. The fourth-order valence-electron chi connectivity index (χ4n) is 2.60. The first-order valence-electron chi connectivity index (χ1n) is 4.70. The monoisotopic (exact) mass is 185 g/mol. The number of hydrogen-bond donors (Lipinski definition) is 1. The standard InChI is InChI=1S/C7H9N3O3/c8-10-9-3-6-2-7(11)5(6)4(13-7)1-12-6/h4-5,11H,1-3H2/t4-,5?,6-,7?/m1/s1/i1T/t1-,4+,5?,6+,7?/m0. The molecule has 6 nitrogen and oxygen atoms in total. The Bertz CT molecular complexity index is 343. The molecule has 5 atom stereocenters. The van der Waals surface area contributed by atoms with Gasteiger partial charge in [-0.15, -0.1) is 0 Å². The summed E-state index contributed by atoms with van der Waals surface area (Å²) in [4.78, 5) is 2.66. The van der Waals surface area contributed by atoms with E-state index < -0.39 is 18.0 Å². The van der Waals surface area contributed by atoms with E-state index in [4.69, 9.17) is 16.4 Å². The van der Waals surface area contributed by atoms with Crippen molar-refractivity contribution in [2.45, 2.75) is 23.9 Å². The minimum Gasteiger partial charge on any atom is -0.371 e. The van der Waals surface area contributed by atoms with Crippen molar-refractivity contribution < 1.29 is 16.0 Å². The molecule has 6 heteroatoms. The van der Waals surface area contributed by atoms with E-state index in [0.717, 1.165) is 0 Å². The van der Waals surface area contributed by atoms with Gasteiger partial charge in [-0.2, -0.15) is 0 Å². The Hall–Kier alpha value is -0.810. The predicted octanol–water partition coefficient (Wildman–Crippen LogP) is 0.173. The molecule has 1 N–H and O–H groups in total. The SMILES string of the molecule is [3H][C@@H]1O[C@@]2(CN=[N+]=[N-])CC3(O)O[C@H]1C32. The van der Waals surface area contributed by atoms with E-state index >= 15 is 0 Å². The summed E-state index contributed by atoms with van der Waals surface area (Å²) in [7, 11) is 0. The third-order valence-corrected chi connectivity index (χ3v) is 3.11. The second-order valence-corrected chi connectivity index (χ2v) is 3.79. The highest BCUT2D eigenvalue weighted by molar-refractivity contribution is 5.22.